The number of halogens is 1. The monoisotopic (exact) mass is 246 g/mol. The van der Waals surface area contributed by atoms with Crippen LogP contribution in [0.1, 0.15) is 0 Å². The number of hydrogen-bond acceptors (Lipinski definition) is 4. The molecule has 0 bridgehead atoms. The number of fused-ring (bicyclic) bond motifs is 2. The third-order valence-electron chi connectivity index (χ3n) is 2.49. The summed E-state index contributed by atoms with van der Waals surface area (Å²) in [6, 6.07) is 8.05. The third kappa shape index (κ3) is 1.54. The maximum atomic E-state index is 11.4. The van der Waals surface area contributed by atoms with E-state index in [1.165, 1.54) is 12.1 Å². The van der Waals surface area contributed by atoms with Gasteiger partial charge in [0.25, 0.3) is 0 Å². The predicted octanol–water partition coefficient (Wildman–Crippen LogP) is 2.53. The Morgan fingerprint density at radius 2 is 2.12 bits per heavy atom. The number of nitrogen functional groups attached to an aromatic ring is 1. The molecular formula is C12H7ClN2O2. The molecule has 0 saturated heterocycles. The number of benzene rings is 2. The van der Waals surface area contributed by atoms with Gasteiger partial charge in [-0.3, -0.25) is 4.79 Å². The van der Waals surface area contributed by atoms with Crippen LogP contribution in [-0.2, 0) is 0 Å². The van der Waals surface area contributed by atoms with Gasteiger partial charge in [0, 0.05) is 6.07 Å². The highest BCUT2D eigenvalue weighted by Gasteiger charge is 2.12. The van der Waals surface area contributed by atoms with Crippen LogP contribution in [0.5, 0.6) is 0 Å². The van der Waals surface area contributed by atoms with Gasteiger partial charge in [-0.2, -0.15) is 0 Å². The molecule has 0 atom stereocenters. The van der Waals surface area contributed by atoms with Gasteiger partial charge in [-0.05, 0) is 18.2 Å². The Balaban J connectivity index is 2.50. The second-order valence-corrected chi connectivity index (χ2v) is 4.07. The van der Waals surface area contributed by atoms with E-state index in [-0.39, 0.29) is 11.1 Å². The number of aromatic nitrogens is 1. The molecule has 1 heterocycles. The van der Waals surface area contributed by atoms with Crippen molar-refractivity contribution in [1.29, 1.82) is 0 Å². The largest absolute Gasteiger partial charge is 0.453 e. The van der Waals surface area contributed by atoms with Crippen molar-refractivity contribution in [2.75, 3.05) is 5.73 Å². The van der Waals surface area contributed by atoms with Crippen molar-refractivity contribution in [3.05, 3.63) is 45.6 Å². The first-order valence-corrected chi connectivity index (χ1v) is 5.31. The Morgan fingerprint density at radius 1 is 1.29 bits per heavy atom. The van der Waals surface area contributed by atoms with Crippen LogP contribution in [0.15, 0.2) is 39.5 Å². The van der Waals surface area contributed by atoms with Crippen molar-refractivity contribution in [3.8, 4) is 11.5 Å². The van der Waals surface area contributed by atoms with Gasteiger partial charge in [-0.25, -0.2) is 4.98 Å². The second kappa shape index (κ2) is 3.46. The average molecular weight is 247 g/mol. The Labute approximate surface area is 101 Å². The molecule has 3 rings (SSSR count). The zero-order valence-electron chi connectivity index (χ0n) is 8.61. The van der Waals surface area contributed by atoms with Crippen LogP contribution < -0.4 is 11.2 Å². The number of anilines is 1. The van der Waals surface area contributed by atoms with Gasteiger partial charge in [0.2, 0.25) is 5.43 Å². The Kier molecular flexibility index (Phi) is 2.06. The minimum Gasteiger partial charge on any atom is -0.453 e. The van der Waals surface area contributed by atoms with Crippen LogP contribution in [0.25, 0.3) is 22.6 Å². The number of rotatable bonds is 0. The first-order valence-electron chi connectivity index (χ1n) is 4.94. The highest BCUT2D eigenvalue weighted by Crippen LogP contribution is 2.28. The highest BCUT2D eigenvalue weighted by molar-refractivity contribution is 6.34. The SMILES string of the molecule is Nc1cc2nc3c(Cl)cccc3oc-2cc1=O. The van der Waals surface area contributed by atoms with E-state index in [0.717, 1.165) is 0 Å². The van der Waals surface area contributed by atoms with Crippen LogP contribution >= 0.6 is 11.6 Å². The molecule has 0 radical (unpaired) electrons. The Bertz CT molecular complexity index is 751. The molecule has 2 N–H and O–H groups in total. The Hall–Kier alpha value is -2.07. The fraction of sp³-hybridized carbons (Fsp3) is 0. The van der Waals surface area contributed by atoms with E-state index in [1.807, 2.05) is 0 Å². The van der Waals surface area contributed by atoms with Crippen LogP contribution in [0.4, 0.5) is 5.69 Å². The van der Waals surface area contributed by atoms with Crippen molar-refractivity contribution in [1.82, 2.24) is 4.98 Å². The molecule has 5 heteroatoms. The maximum Gasteiger partial charge on any atom is 0.205 e. The minimum absolute atomic E-state index is 0.145. The van der Waals surface area contributed by atoms with Crippen molar-refractivity contribution in [3.63, 3.8) is 0 Å². The average Bonchev–Trinajstić information content (AvgIpc) is 2.29. The lowest BCUT2D eigenvalue weighted by Gasteiger charge is -2.07. The summed E-state index contributed by atoms with van der Waals surface area (Å²) in [6.07, 6.45) is 0. The van der Waals surface area contributed by atoms with Gasteiger partial charge in [0.1, 0.15) is 11.2 Å². The molecular weight excluding hydrogens is 240 g/mol. The van der Waals surface area contributed by atoms with Gasteiger partial charge in [-0.15, -0.1) is 0 Å². The van der Waals surface area contributed by atoms with E-state index in [0.29, 0.717) is 27.6 Å². The fourth-order valence-corrected chi connectivity index (χ4v) is 1.87. The Morgan fingerprint density at radius 3 is 2.94 bits per heavy atom. The van der Waals surface area contributed by atoms with Crippen LogP contribution in [0, 0.1) is 0 Å². The van der Waals surface area contributed by atoms with E-state index in [1.54, 1.807) is 18.2 Å². The minimum atomic E-state index is -0.274. The summed E-state index contributed by atoms with van der Waals surface area (Å²) in [5.74, 6) is 0.402. The number of para-hydroxylation sites is 1. The lowest BCUT2D eigenvalue weighted by Crippen LogP contribution is -2.08. The van der Waals surface area contributed by atoms with Gasteiger partial charge < -0.3 is 10.2 Å². The van der Waals surface area contributed by atoms with Crippen molar-refractivity contribution < 1.29 is 4.42 Å². The topological polar surface area (TPSA) is 69.1 Å². The molecule has 2 aliphatic rings. The zero-order chi connectivity index (χ0) is 12.0. The van der Waals surface area contributed by atoms with E-state index >= 15 is 0 Å². The van der Waals surface area contributed by atoms with Gasteiger partial charge >= 0.3 is 0 Å². The summed E-state index contributed by atoms with van der Waals surface area (Å²) in [5, 5.41) is 0.498. The maximum absolute atomic E-state index is 11.4. The number of nitrogens with zero attached hydrogens (tertiary/aromatic N) is 1. The zero-order valence-corrected chi connectivity index (χ0v) is 9.36. The summed E-state index contributed by atoms with van der Waals surface area (Å²) in [5.41, 5.74) is 7.02. The molecule has 84 valence electrons. The summed E-state index contributed by atoms with van der Waals surface area (Å²) in [7, 11) is 0. The third-order valence-corrected chi connectivity index (χ3v) is 2.80. The summed E-state index contributed by atoms with van der Waals surface area (Å²) in [6.45, 7) is 0. The van der Waals surface area contributed by atoms with Crippen LogP contribution in [0.3, 0.4) is 0 Å². The normalized spacial score (nSPS) is 11.1. The molecule has 1 aliphatic carbocycles. The fourth-order valence-electron chi connectivity index (χ4n) is 1.66. The molecule has 1 aromatic rings. The molecule has 1 aromatic carbocycles. The molecule has 4 nitrogen and oxygen atoms in total. The number of hydrogen-bond donors (Lipinski definition) is 1. The van der Waals surface area contributed by atoms with E-state index in [2.05, 4.69) is 4.98 Å². The van der Waals surface area contributed by atoms with E-state index in [9.17, 15) is 4.79 Å². The predicted molar refractivity (Wildman–Crippen MR) is 66.3 cm³/mol. The van der Waals surface area contributed by atoms with Crippen LogP contribution in [0.2, 0.25) is 5.02 Å². The van der Waals surface area contributed by atoms with Gasteiger partial charge in [-0.1, -0.05) is 17.7 Å². The summed E-state index contributed by atoms with van der Waals surface area (Å²) in [4.78, 5) is 15.7. The van der Waals surface area contributed by atoms with Crippen molar-refractivity contribution in [2.45, 2.75) is 0 Å². The molecule has 0 aromatic heterocycles. The molecule has 0 saturated carbocycles. The van der Waals surface area contributed by atoms with Gasteiger partial charge in [0.05, 0.1) is 10.7 Å². The molecule has 0 unspecified atom stereocenters. The van der Waals surface area contributed by atoms with E-state index in [4.69, 9.17) is 21.8 Å². The van der Waals surface area contributed by atoms with E-state index < -0.39 is 0 Å². The molecule has 0 fully saturated rings. The summed E-state index contributed by atoms with van der Waals surface area (Å²) >= 11 is 6.01. The number of nitrogens with two attached hydrogens (primary N) is 1. The molecule has 17 heavy (non-hydrogen) atoms. The second-order valence-electron chi connectivity index (χ2n) is 3.66. The highest BCUT2D eigenvalue weighted by atomic mass is 35.5. The van der Waals surface area contributed by atoms with Crippen molar-refractivity contribution >= 4 is 28.4 Å². The molecule has 0 spiro atoms. The lowest BCUT2D eigenvalue weighted by atomic mass is 10.2. The molecule has 1 aliphatic heterocycles. The quantitative estimate of drug-likeness (QED) is 0.489. The first kappa shape index (κ1) is 10.1. The standard InChI is InChI=1S/C12H7ClN2O2/c13-6-2-1-3-10-12(6)15-8-4-7(14)9(16)5-11(8)17-10/h1-5H,14H2. The van der Waals surface area contributed by atoms with Crippen molar-refractivity contribution in [2.24, 2.45) is 0 Å². The lowest BCUT2D eigenvalue weighted by molar-refractivity contribution is 0.612. The first-order chi connectivity index (χ1) is 8.15. The van der Waals surface area contributed by atoms with Crippen LogP contribution in [-0.4, -0.2) is 4.98 Å². The van der Waals surface area contributed by atoms with Gasteiger partial charge in [0.15, 0.2) is 11.3 Å². The smallest absolute Gasteiger partial charge is 0.205 e. The molecule has 0 amide bonds. The summed E-state index contributed by atoms with van der Waals surface area (Å²) < 4.78 is 5.56.